The van der Waals surface area contributed by atoms with Crippen LogP contribution in [0, 0.1) is 6.92 Å². The molecule has 0 saturated heterocycles. The lowest BCUT2D eigenvalue weighted by atomic mass is 9.95. The zero-order valence-corrected chi connectivity index (χ0v) is 20.6. The molecule has 3 rings (SSSR count). The number of nitrogens with zero attached hydrogens (tertiary/aromatic N) is 1. The molecule has 1 aliphatic rings. The largest absolute Gasteiger partial charge is 0.352 e. The summed E-state index contributed by atoms with van der Waals surface area (Å²) in [6.45, 7) is 6.67. The van der Waals surface area contributed by atoms with Crippen molar-refractivity contribution in [1.29, 1.82) is 0 Å². The smallest absolute Gasteiger partial charge is 0.243 e. The van der Waals surface area contributed by atoms with E-state index in [0.29, 0.717) is 25.8 Å². The van der Waals surface area contributed by atoms with E-state index in [1.165, 1.54) is 24.8 Å². The normalized spacial score (nSPS) is 15.1. The Hall–Kier alpha value is -2.62. The van der Waals surface area contributed by atoms with Crippen molar-refractivity contribution >= 4 is 11.8 Å². The number of carbonyl (C=O) groups is 2. The van der Waals surface area contributed by atoms with Gasteiger partial charge in [-0.15, -0.1) is 0 Å². The van der Waals surface area contributed by atoms with Gasteiger partial charge >= 0.3 is 0 Å². The molecule has 2 aromatic carbocycles. The summed E-state index contributed by atoms with van der Waals surface area (Å²) in [6, 6.07) is 16.5. The van der Waals surface area contributed by atoms with Gasteiger partial charge in [0.05, 0.1) is 0 Å². The molecule has 0 radical (unpaired) electrons. The minimum absolute atomic E-state index is 0.00213. The number of aryl methyl sites for hydroxylation is 3. The van der Waals surface area contributed by atoms with Crippen molar-refractivity contribution in [1.82, 2.24) is 10.2 Å². The predicted octanol–water partition coefficient (Wildman–Crippen LogP) is 5.75. The molecule has 1 N–H and O–H groups in total. The van der Waals surface area contributed by atoms with E-state index in [1.54, 1.807) is 0 Å². The molecule has 4 nitrogen and oxygen atoms in total. The van der Waals surface area contributed by atoms with Crippen molar-refractivity contribution in [3.8, 4) is 0 Å². The zero-order valence-electron chi connectivity index (χ0n) is 20.6. The van der Waals surface area contributed by atoms with E-state index in [4.69, 9.17) is 0 Å². The molecule has 0 heterocycles. The fourth-order valence-corrected chi connectivity index (χ4v) is 4.81. The Morgan fingerprint density at radius 1 is 0.970 bits per heavy atom. The molecule has 2 aromatic rings. The highest BCUT2D eigenvalue weighted by Gasteiger charge is 2.30. The molecule has 1 saturated carbocycles. The second-order valence-electron chi connectivity index (χ2n) is 9.45. The van der Waals surface area contributed by atoms with Crippen molar-refractivity contribution < 1.29 is 9.59 Å². The van der Waals surface area contributed by atoms with Crippen LogP contribution in [0.2, 0.25) is 0 Å². The molecule has 0 bridgehead atoms. The highest BCUT2D eigenvalue weighted by atomic mass is 16.2. The molecule has 1 aliphatic carbocycles. The van der Waals surface area contributed by atoms with E-state index in [2.05, 4.69) is 55.6 Å². The van der Waals surface area contributed by atoms with Gasteiger partial charge in [-0.2, -0.15) is 0 Å². The molecule has 0 aliphatic heterocycles. The van der Waals surface area contributed by atoms with E-state index in [0.717, 1.165) is 36.0 Å². The number of benzene rings is 2. The van der Waals surface area contributed by atoms with Crippen LogP contribution in [0.1, 0.15) is 81.0 Å². The summed E-state index contributed by atoms with van der Waals surface area (Å²) in [7, 11) is 0. The van der Waals surface area contributed by atoms with Crippen LogP contribution >= 0.6 is 0 Å². The summed E-state index contributed by atoms with van der Waals surface area (Å²) in [4.78, 5) is 28.6. The van der Waals surface area contributed by atoms with Crippen LogP contribution in [0.4, 0.5) is 0 Å². The van der Waals surface area contributed by atoms with E-state index >= 15 is 0 Å². The van der Waals surface area contributed by atoms with Crippen molar-refractivity contribution in [2.75, 3.05) is 0 Å². The Morgan fingerprint density at radius 2 is 1.67 bits per heavy atom. The number of rotatable bonds is 10. The van der Waals surface area contributed by atoms with Crippen LogP contribution in [0.25, 0.3) is 0 Å². The Kier molecular flexibility index (Phi) is 9.53. The van der Waals surface area contributed by atoms with Crippen LogP contribution < -0.4 is 5.32 Å². The number of hydrogen-bond acceptors (Lipinski definition) is 2. The maximum absolute atomic E-state index is 13.5. The lowest BCUT2D eigenvalue weighted by molar-refractivity contribution is -0.141. The molecule has 0 unspecified atom stereocenters. The van der Waals surface area contributed by atoms with Gasteiger partial charge in [0.1, 0.15) is 6.04 Å². The van der Waals surface area contributed by atoms with Gasteiger partial charge in [-0.05, 0) is 55.7 Å². The van der Waals surface area contributed by atoms with E-state index < -0.39 is 6.04 Å². The van der Waals surface area contributed by atoms with Gasteiger partial charge in [0.25, 0.3) is 0 Å². The van der Waals surface area contributed by atoms with Gasteiger partial charge in [-0.25, -0.2) is 0 Å². The molecule has 2 amide bonds. The molecule has 1 atom stereocenters. The standard InChI is InChI=1S/C29H40N2O2/c1-4-23-14-16-24(17-15-23)18-19-28(32)31(21-25-11-9-10-22(3)20-25)27(5-2)29(33)30-26-12-7-6-8-13-26/h9-11,14-17,20,26-27H,4-8,12-13,18-19,21H2,1-3H3,(H,30,33)/t27-/m0/s1. The van der Waals surface area contributed by atoms with Gasteiger partial charge in [0.2, 0.25) is 11.8 Å². The van der Waals surface area contributed by atoms with E-state index in [9.17, 15) is 9.59 Å². The summed E-state index contributed by atoms with van der Waals surface area (Å²) in [5.74, 6) is 0.0411. The van der Waals surface area contributed by atoms with Gasteiger partial charge in [0.15, 0.2) is 0 Å². The van der Waals surface area contributed by atoms with E-state index in [-0.39, 0.29) is 17.9 Å². The summed E-state index contributed by atoms with van der Waals surface area (Å²) in [5, 5.41) is 3.26. The summed E-state index contributed by atoms with van der Waals surface area (Å²) in [5.41, 5.74) is 4.70. The van der Waals surface area contributed by atoms with Crippen LogP contribution in [-0.2, 0) is 29.0 Å². The van der Waals surface area contributed by atoms with Gasteiger partial charge in [-0.1, -0.05) is 87.2 Å². The zero-order chi connectivity index (χ0) is 23.6. The second kappa shape index (κ2) is 12.6. The fourth-order valence-electron chi connectivity index (χ4n) is 4.81. The molecular formula is C29H40N2O2. The molecule has 33 heavy (non-hydrogen) atoms. The molecule has 1 fully saturated rings. The molecule has 0 spiro atoms. The minimum atomic E-state index is -0.442. The molecular weight excluding hydrogens is 408 g/mol. The van der Waals surface area contributed by atoms with Crippen molar-refractivity contribution in [3.05, 3.63) is 70.8 Å². The third-order valence-corrected chi connectivity index (χ3v) is 6.83. The van der Waals surface area contributed by atoms with Crippen LogP contribution in [0.3, 0.4) is 0 Å². The van der Waals surface area contributed by atoms with Gasteiger partial charge in [-0.3, -0.25) is 9.59 Å². The van der Waals surface area contributed by atoms with Crippen molar-refractivity contribution in [3.63, 3.8) is 0 Å². The summed E-state index contributed by atoms with van der Waals surface area (Å²) in [6.07, 6.45) is 8.40. The maximum atomic E-state index is 13.5. The number of carbonyl (C=O) groups excluding carboxylic acids is 2. The topological polar surface area (TPSA) is 49.4 Å². The number of nitrogens with one attached hydrogen (secondary N) is 1. The fraction of sp³-hybridized carbons (Fsp3) is 0.517. The van der Waals surface area contributed by atoms with Crippen LogP contribution in [0.5, 0.6) is 0 Å². The average molecular weight is 449 g/mol. The van der Waals surface area contributed by atoms with Gasteiger partial charge < -0.3 is 10.2 Å². The quantitative estimate of drug-likeness (QED) is 0.503. The first-order valence-corrected chi connectivity index (χ1v) is 12.7. The minimum Gasteiger partial charge on any atom is -0.352 e. The summed E-state index contributed by atoms with van der Waals surface area (Å²) < 4.78 is 0. The highest BCUT2D eigenvalue weighted by Crippen LogP contribution is 2.20. The number of hydrogen-bond donors (Lipinski definition) is 1. The third-order valence-electron chi connectivity index (χ3n) is 6.83. The lowest BCUT2D eigenvalue weighted by Gasteiger charge is -2.33. The first-order valence-electron chi connectivity index (χ1n) is 12.7. The molecule has 178 valence electrons. The van der Waals surface area contributed by atoms with Crippen molar-refractivity contribution in [2.45, 2.75) is 97.2 Å². The molecule has 0 aromatic heterocycles. The second-order valence-corrected chi connectivity index (χ2v) is 9.45. The third kappa shape index (κ3) is 7.45. The van der Waals surface area contributed by atoms with E-state index in [1.807, 2.05) is 24.0 Å². The Balaban J connectivity index is 1.74. The first kappa shape index (κ1) is 25.0. The van der Waals surface area contributed by atoms with Crippen LogP contribution in [-0.4, -0.2) is 28.8 Å². The van der Waals surface area contributed by atoms with Gasteiger partial charge in [0, 0.05) is 19.0 Å². The Morgan fingerprint density at radius 3 is 2.30 bits per heavy atom. The Labute approximate surface area is 199 Å². The maximum Gasteiger partial charge on any atom is 0.243 e. The highest BCUT2D eigenvalue weighted by molar-refractivity contribution is 5.88. The lowest BCUT2D eigenvalue weighted by Crippen LogP contribution is -2.51. The number of amides is 2. The summed E-state index contributed by atoms with van der Waals surface area (Å²) >= 11 is 0. The average Bonchev–Trinajstić information content (AvgIpc) is 2.83. The SMILES string of the molecule is CCc1ccc(CCC(=O)N(Cc2cccc(C)c2)[C@@H](CC)C(=O)NC2CCCCC2)cc1. The monoisotopic (exact) mass is 448 g/mol. The van der Waals surface area contributed by atoms with Crippen molar-refractivity contribution in [2.24, 2.45) is 0 Å². The predicted molar refractivity (Wildman–Crippen MR) is 135 cm³/mol. The van der Waals surface area contributed by atoms with Crippen LogP contribution in [0.15, 0.2) is 48.5 Å². The molecule has 4 heteroatoms. The first-order chi connectivity index (χ1) is 16.0. The Bertz CT molecular complexity index is 900.